The van der Waals surface area contributed by atoms with E-state index in [4.69, 9.17) is 22.1 Å². The highest BCUT2D eigenvalue weighted by atomic mass is 35.5. The highest BCUT2D eigenvalue weighted by Crippen LogP contribution is 2.13. The first-order valence-electron chi connectivity index (χ1n) is 4.67. The predicted octanol–water partition coefficient (Wildman–Crippen LogP) is 1.55. The first-order chi connectivity index (χ1) is 7.11. The molecule has 0 spiro atoms. The van der Waals surface area contributed by atoms with Crippen molar-refractivity contribution in [2.24, 2.45) is 0 Å². The van der Waals surface area contributed by atoms with E-state index in [1.54, 1.807) is 13.2 Å². The van der Waals surface area contributed by atoms with E-state index in [1.165, 1.54) is 0 Å². The predicted molar refractivity (Wildman–Crippen MR) is 61.0 cm³/mol. The Balaban J connectivity index is 2.56. The maximum atomic E-state index is 5.74. The first-order valence-corrected chi connectivity index (χ1v) is 5.05. The number of hydrogen-bond donors (Lipinski definition) is 2. The Hall–Kier alpha value is -1.07. The standard InChI is InChI=1S/C9H15ClN4O/c1-6(3-4-15-2)12-8-5-7(10)13-9(11)14-8/h5-6H,3-4H2,1-2H3,(H3,11,12,13,14). The van der Waals surface area contributed by atoms with Crippen molar-refractivity contribution < 1.29 is 4.74 Å². The summed E-state index contributed by atoms with van der Waals surface area (Å²) >= 11 is 5.74. The second-order valence-electron chi connectivity index (χ2n) is 3.26. The van der Waals surface area contributed by atoms with E-state index in [9.17, 15) is 0 Å². The van der Waals surface area contributed by atoms with E-state index < -0.39 is 0 Å². The molecule has 1 aromatic rings. The third-order valence-corrected chi connectivity index (χ3v) is 2.06. The van der Waals surface area contributed by atoms with Crippen LogP contribution in [0.15, 0.2) is 6.07 Å². The van der Waals surface area contributed by atoms with Gasteiger partial charge in [-0.1, -0.05) is 11.6 Å². The van der Waals surface area contributed by atoms with Gasteiger partial charge in [-0.05, 0) is 13.3 Å². The van der Waals surface area contributed by atoms with Crippen LogP contribution in [0.25, 0.3) is 0 Å². The topological polar surface area (TPSA) is 73.1 Å². The average molecular weight is 231 g/mol. The Kier molecular flexibility index (Phi) is 4.58. The fourth-order valence-corrected chi connectivity index (χ4v) is 1.32. The van der Waals surface area contributed by atoms with E-state index >= 15 is 0 Å². The second-order valence-corrected chi connectivity index (χ2v) is 3.65. The number of nitrogens with zero attached hydrogens (tertiary/aromatic N) is 2. The Morgan fingerprint density at radius 1 is 1.60 bits per heavy atom. The van der Waals surface area contributed by atoms with Crippen LogP contribution in [0.5, 0.6) is 0 Å². The molecule has 1 aromatic heterocycles. The Labute approximate surface area is 94.0 Å². The van der Waals surface area contributed by atoms with Gasteiger partial charge >= 0.3 is 0 Å². The number of hydrogen-bond acceptors (Lipinski definition) is 5. The number of rotatable bonds is 5. The summed E-state index contributed by atoms with van der Waals surface area (Å²) in [7, 11) is 1.67. The molecule has 0 fully saturated rings. The van der Waals surface area contributed by atoms with Crippen molar-refractivity contribution in [1.29, 1.82) is 0 Å². The normalized spacial score (nSPS) is 12.5. The van der Waals surface area contributed by atoms with Crippen molar-refractivity contribution >= 4 is 23.4 Å². The van der Waals surface area contributed by atoms with Crippen molar-refractivity contribution in [3.05, 3.63) is 11.2 Å². The SMILES string of the molecule is COCCC(C)Nc1cc(Cl)nc(N)n1. The Bertz CT molecular complexity index is 301. The van der Waals surface area contributed by atoms with E-state index in [0.29, 0.717) is 17.6 Å². The van der Waals surface area contributed by atoms with Gasteiger partial charge in [0.1, 0.15) is 11.0 Å². The third kappa shape index (κ3) is 4.31. The minimum Gasteiger partial charge on any atom is -0.385 e. The molecule has 0 aliphatic rings. The molecular formula is C9H15ClN4O. The molecule has 15 heavy (non-hydrogen) atoms. The van der Waals surface area contributed by atoms with Crippen molar-refractivity contribution in [3.63, 3.8) is 0 Å². The van der Waals surface area contributed by atoms with Crippen LogP contribution in [0.3, 0.4) is 0 Å². The van der Waals surface area contributed by atoms with Crippen LogP contribution in [-0.4, -0.2) is 29.7 Å². The summed E-state index contributed by atoms with van der Waals surface area (Å²) in [5.41, 5.74) is 5.46. The smallest absolute Gasteiger partial charge is 0.223 e. The van der Waals surface area contributed by atoms with Gasteiger partial charge in [0, 0.05) is 25.8 Å². The van der Waals surface area contributed by atoms with Gasteiger partial charge in [0.05, 0.1) is 0 Å². The lowest BCUT2D eigenvalue weighted by atomic mass is 10.2. The maximum absolute atomic E-state index is 5.74. The molecule has 0 aromatic carbocycles. The molecule has 3 N–H and O–H groups in total. The Morgan fingerprint density at radius 2 is 2.33 bits per heavy atom. The number of methoxy groups -OCH3 is 1. The molecule has 84 valence electrons. The number of nitrogens with two attached hydrogens (primary N) is 1. The average Bonchev–Trinajstić information content (AvgIpc) is 2.13. The van der Waals surface area contributed by atoms with Crippen molar-refractivity contribution in [2.75, 3.05) is 24.8 Å². The highest BCUT2D eigenvalue weighted by molar-refractivity contribution is 6.29. The number of aromatic nitrogens is 2. The summed E-state index contributed by atoms with van der Waals surface area (Å²) < 4.78 is 4.97. The second kappa shape index (κ2) is 5.72. The molecule has 0 saturated carbocycles. The summed E-state index contributed by atoms with van der Waals surface area (Å²) in [4.78, 5) is 7.78. The zero-order valence-corrected chi connectivity index (χ0v) is 9.58. The molecular weight excluding hydrogens is 216 g/mol. The fourth-order valence-electron chi connectivity index (χ4n) is 1.13. The minimum absolute atomic E-state index is 0.170. The van der Waals surface area contributed by atoms with Gasteiger partial charge < -0.3 is 15.8 Å². The summed E-state index contributed by atoms with van der Waals surface area (Å²) in [6, 6.07) is 1.89. The van der Waals surface area contributed by atoms with Crippen LogP contribution in [0.1, 0.15) is 13.3 Å². The molecule has 1 rings (SSSR count). The van der Waals surface area contributed by atoms with E-state index in [2.05, 4.69) is 15.3 Å². The van der Waals surface area contributed by atoms with Crippen LogP contribution in [0.4, 0.5) is 11.8 Å². The largest absolute Gasteiger partial charge is 0.385 e. The highest BCUT2D eigenvalue weighted by Gasteiger charge is 2.04. The van der Waals surface area contributed by atoms with Crippen LogP contribution < -0.4 is 11.1 Å². The summed E-state index contributed by atoms with van der Waals surface area (Å²) in [6.45, 7) is 2.73. The van der Waals surface area contributed by atoms with Crippen LogP contribution >= 0.6 is 11.6 Å². The lowest BCUT2D eigenvalue weighted by molar-refractivity contribution is 0.191. The van der Waals surface area contributed by atoms with Gasteiger partial charge in [-0.3, -0.25) is 0 Å². The molecule has 5 nitrogen and oxygen atoms in total. The van der Waals surface area contributed by atoms with Gasteiger partial charge in [0.15, 0.2) is 0 Å². The van der Waals surface area contributed by atoms with Gasteiger partial charge in [0.25, 0.3) is 0 Å². The van der Waals surface area contributed by atoms with Gasteiger partial charge in [-0.25, -0.2) is 4.98 Å². The van der Waals surface area contributed by atoms with Crippen LogP contribution in [0, 0.1) is 0 Å². The lowest BCUT2D eigenvalue weighted by Crippen LogP contribution is -2.18. The van der Waals surface area contributed by atoms with Gasteiger partial charge in [0.2, 0.25) is 5.95 Å². The zero-order valence-electron chi connectivity index (χ0n) is 8.83. The van der Waals surface area contributed by atoms with Crippen LogP contribution in [-0.2, 0) is 4.74 Å². The molecule has 0 amide bonds. The molecule has 1 unspecified atom stereocenters. The number of nitrogens with one attached hydrogen (secondary N) is 1. The minimum atomic E-state index is 0.170. The maximum Gasteiger partial charge on any atom is 0.223 e. The van der Waals surface area contributed by atoms with E-state index in [0.717, 1.165) is 6.42 Å². The molecule has 0 radical (unpaired) electrons. The number of ether oxygens (including phenoxy) is 1. The number of nitrogen functional groups attached to an aromatic ring is 1. The molecule has 0 bridgehead atoms. The molecule has 0 aliphatic carbocycles. The quantitative estimate of drug-likeness (QED) is 0.751. The number of halogens is 1. The summed E-state index contributed by atoms with van der Waals surface area (Å²) in [5, 5.41) is 3.50. The molecule has 1 heterocycles. The van der Waals surface area contributed by atoms with Crippen molar-refractivity contribution in [3.8, 4) is 0 Å². The van der Waals surface area contributed by atoms with E-state index in [-0.39, 0.29) is 12.0 Å². The van der Waals surface area contributed by atoms with Gasteiger partial charge in [-0.15, -0.1) is 0 Å². The molecule has 0 aliphatic heterocycles. The summed E-state index contributed by atoms with van der Waals surface area (Å²) in [5.74, 6) is 0.806. The third-order valence-electron chi connectivity index (χ3n) is 1.86. The van der Waals surface area contributed by atoms with Crippen molar-refractivity contribution in [2.45, 2.75) is 19.4 Å². The molecule has 6 heteroatoms. The molecule has 0 saturated heterocycles. The first kappa shape index (κ1) is 12.0. The zero-order chi connectivity index (χ0) is 11.3. The lowest BCUT2D eigenvalue weighted by Gasteiger charge is -2.13. The van der Waals surface area contributed by atoms with Crippen LogP contribution in [0.2, 0.25) is 5.15 Å². The number of anilines is 2. The molecule has 1 atom stereocenters. The monoisotopic (exact) mass is 230 g/mol. The Morgan fingerprint density at radius 3 is 2.93 bits per heavy atom. The van der Waals surface area contributed by atoms with Crippen molar-refractivity contribution in [1.82, 2.24) is 9.97 Å². The van der Waals surface area contributed by atoms with Gasteiger partial charge in [-0.2, -0.15) is 4.98 Å². The van der Waals surface area contributed by atoms with E-state index in [1.807, 2.05) is 6.92 Å². The summed E-state index contributed by atoms with van der Waals surface area (Å²) in [6.07, 6.45) is 0.887. The fraction of sp³-hybridized carbons (Fsp3) is 0.556.